The number of rotatable bonds is 6. The van der Waals surface area contributed by atoms with Gasteiger partial charge in [-0.25, -0.2) is 9.37 Å². The normalized spacial score (nSPS) is 10.5. The second-order valence-corrected chi connectivity index (χ2v) is 6.18. The molecule has 0 atom stereocenters. The van der Waals surface area contributed by atoms with Crippen molar-refractivity contribution in [1.29, 1.82) is 0 Å². The molecule has 2 aromatic carbocycles. The summed E-state index contributed by atoms with van der Waals surface area (Å²) in [6, 6.07) is 16.9. The Hall–Kier alpha value is -3.41. The fraction of sp³-hybridized carbons (Fsp3) is 0.143. The van der Waals surface area contributed by atoms with Crippen LogP contribution < -0.4 is 15.4 Å². The molecule has 0 aliphatic rings. The van der Waals surface area contributed by atoms with Crippen molar-refractivity contribution in [3.05, 3.63) is 78.4 Å². The van der Waals surface area contributed by atoms with Crippen molar-refractivity contribution in [2.45, 2.75) is 20.0 Å². The molecule has 138 valence electrons. The van der Waals surface area contributed by atoms with Crippen LogP contribution in [0, 0.1) is 5.82 Å². The van der Waals surface area contributed by atoms with Crippen molar-refractivity contribution in [3.8, 4) is 5.75 Å². The number of nitrogens with one attached hydrogen (secondary N) is 2. The molecule has 0 aliphatic heterocycles. The van der Waals surface area contributed by atoms with Crippen LogP contribution in [0.25, 0.3) is 0 Å². The van der Waals surface area contributed by atoms with Gasteiger partial charge in [-0.1, -0.05) is 12.1 Å². The number of carbonyl (C=O) groups is 1. The Kier molecular flexibility index (Phi) is 5.66. The van der Waals surface area contributed by atoms with Gasteiger partial charge in [0, 0.05) is 5.69 Å². The van der Waals surface area contributed by atoms with E-state index in [1.165, 1.54) is 12.1 Å². The molecule has 0 bridgehead atoms. The summed E-state index contributed by atoms with van der Waals surface area (Å²) in [6.07, 6.45) is 1.67. The van der Waals surface area contributed by atoms with Gasteiger partial charge in [-0.15, -0.1) is 0 Å². The van der Waals surface area contributed by atoms with Gasteiger partial charge in [0.1, 0.15) is 17.3 Å². The molecule has 0 aliphatic carbocycles. The number of aromatic nitrogens is 1. The third-order valence-electron chi connectivity index (χ3n) is 3.63. The second-order valence-electron chi connectivity index (χ2n) is 6.18. The smallest absolute Gasteiger partial charge is 0.274 e. The van der Waals surface area contributed by atoms with Gasteiger partial charge in [0.2, 0.25) is 0 Å². The monoisotopic (exact) mass is 365 g/mol. The highest BCUT2D eigenvalue weighted by Crippen LogP contribution is 2.21. The lowest BCUT2D eigenvalue weighted by molar-refractivity contribution is 0.102. The molecule has 0 radical (unpaired) electrons. The molecular weight excluding hydrogens is 345 g/mol. The van der Waals surface area contributed by atoms with Crippen molar-refractivity contribution in [1.82, 2.24) is 4.98 Å². The summed E-state index contributed by atoms with van der Waals surface area (Å²) in [6.45, 7) is 3.95. The Morgan fingerprint density at radius 3 is 2.33 bits per heavy atom. The van der Waals surface area contributed by atoms with Crippen molar-refractivity contribution < 1.29 is 13.9 Å². The summed E-state index contributed by atoms with van der Waals surface area (Å²) in [4.78, 5) is 16.3. The van der Waals surface area contributed by atoms with E-state index in [1.54, 1.807) is 30.5 Å². The van der Waals surface area contributed by atoms with E-state index in [-0.39, 0.29) is 17.5 Å². The zero-order valence-corrected chi connectivity index (χ0v) is 15.1. The molecule has 1 aromatic heterocycles. The number of amides is 1. The lowest BCUT2D eigenvalue weighted by Gasteiger charge is -2.11. The zero-order chi connectivity index (χ0) is 19.2. The van der Waals surface area contributed by atoms with Gasteiger partial charge in [-0.2, -0.15) is 0 Å². The van der Waals surface area contributed by atoms with E-state index in [0.717, 1.165) is 17.1 Å². The maximum atomic E-state index is 13.6. The number of pyridine rings is 1. The third-order valence-corrected chi connectivity index (χ3v) is 3.63. The first-order valence-electron chi connectivity index (χ1n) is 8.57. The van der Waals surface area contributed by atoms with E-state index in [1.807, 2.05) is 38.1 Å². The summed E-state index contributed by atoms with van der Waals surface area (Å²) in [5.74, 6) is -0.162. The number of benzene rings is 2. The van der Waals surface area contributed by atoms with Crippen molar-refractivity contribution in [2.75, 3.05) is 10.6 Å². The molecule has 2 N–H and O–H groups in total. The van der Waals surface area contributed by atoms with Crippen LogP contribution in [0.4, 0.5) is 21.5 Å². The van der Waals surface area contributed by atoms with Gasteiger partial charge in [-0.3, -0.25) is 4.79 Å². The van der Waals surface area contributed by atoms with E-state index in [9.17, 15) is 9.18 Å². The Bertz CT molecular complexity index is 909. The molecule has 0 saturated heterocycles. The molecule has 1 heterocycles. The van der Waals surface area contributed by atoms with Crippen LogP contribution in [0.5, 0.6) is 5.75 Å². The quantitative estimate of drug-likeness (QED) is 0.645. The molecule has 0 fully saturated rings. The van der Waals surface area contributed by atoms with Gasteiger partial charge in [0.15, 0.2) is 0 Å². The Morgan fingerprint density at radius 1 is 1.00 bits per heavy atom. The largest absolute Gasteiger partial charge is 0.491 e. The number of halogens is 1. The number of nitrogens with zero attached hydrogens (tertiary/aromatic N) is 1. The van der Waals surface area contributed by atoms with E-state index in [2.05, 4.69) is 15.6 Å². The van der Waals surface area contributed by atoms with Gasteiger partial charge in [0.25, 0.3) is 5.91 Å². The number of hydrogen-bond acceptors (Lipinski definition) is 4. The van der Waals surface area contributed by atoms with E-state index in [0.29, 0.717) is 0 Å². The summed E-state index contributed by atoms with van der Waals surface area (Å²) in [5.41, 5.74) is 1.92. The standard InChI is InChI=1S/C21H20FN3O2/c1-14(2)27-17-10-7-15(8-11-17)24-16-9-12-20(23-13-16)21(26)25-19-6-4-3-5-18(19)22/h3-14,24H,1-2H3,(H,25,26). The molecule has 3 rings (SSSR count). The van der Waals surface area contributed by atoms with Crippen LogP contribution in [0.1, 0.15) is 24.3 Å². The average molecular weight is 365 g/mol. The maximum absolute atomic E-state index is 13.6. The lowest BCUT2D eigenvalue weighted by atomic mass is 10.2. The minimum atomic E-state index is -0.492. The van der Waals surface area contributed by atoms with Crippen LogP contribution in [0.3, 0.4) is 0 Å². The summed E-state index contributed by atoms with van der Waals surface area (Å²) >= 11 is 0. The third kappa shape index (κ3) is 5.04. The molecule has 5 nitrogen and oxygen atoms in total. The van der Waals surface area contributed by atoms with E-state index >= 15 is 0 Å². The SMILES string of the molecule is CC(C)Oc1ccc(Nc2ccc(C(=O)Nc3ccccc3F)nc2)cc1. The zero-order valence-electron chi connectivity index (χ0n) is 15.1. The highest BCUT2D eigenvalue weighted by atomic mass is 19.1. The van der Waals surface area contributed by atoms with Gasteiger partial charge < -0.3 is 15.4 Å². The summed E-state index contributed by atoms with van der Waals surface area (Å²) < 4.78 is 19.2. The second kappa shape index (κ2) is 8.31. The molecule has 3 aromatic rings. The molecule has 0 unspecified atom stereocenters. The number of ether oxygens (including phenoxy) is 1. The lowest BCUT2D eigenvalue weighted by Crippen LogP contribution is -2.14. The van der Waals surface area contributed by atoms with Gasteiger partial charge >= 0.3 is 0 Å². The minimum absolute atomic E-state index is 0.121. The molecular formula is C21H20FN3O2. The summed E-state index contributed by atoms with van der Waals surface area (Å²) in [7, 11) is 0. The highest BCUT2D eigenvalue weighted by molar-refractivity contribution is 6.03. The van der Waals surface area contributed by atoms with Crippen LogP contribution in [0.15, 0.2) is 66.9 Å². The first-order chi connectivity index (χ1) is 13.0. The fourth-order valence-corrected chi connectivity index (χ4v) is 2.41. The van der Waals surface area contributed by atoms with Gasteiger partial charge in [0.05, 0.1) is 23.7 Å². The van der Waals surface area contributed by atoms with Crippen molar-refractivity contribution >= 4 is 23.0 Å². The van der Waals surface area contributed by atoms with E-state index in [4.69, 9.17) is 4.74 Å². The topological polar surface area (TPSA) is 63.2 Å². The first-order valence-corrected chi connectivity index (χ1v) is 8.57. The van der Waals surface area contributed by atoms with Crippen LogP contribution >= 0.6 is 0 Å². The number of hydrogen-bond donors (Lipinski definition) is 2. The van der Waals surface area contributed by atoms with Gasteiger partial charge in [-0.05, 0) is 62.4 Å². The maximum Gasteiger partial charge on any atom is 0.274 e. The Balaban J connectivity index is 1.63. The minimum Gasteiger partial charge on any atom is -0.491 e. The van der Waals surface area contributed by atoms with Crippen LogP contribution in [-0.4, -0.2) is 17.0 Å². The number of anilines is 3. The van der Waals surface area contributed by atoms with Crippen LogP contribution in [0.2, 0.25) is 0 Å². The fourth-order valence-electron chi connectivity index (χ4n) is 2.41. The van der Waals surface area contributed by atoms with Crippen molar-refractivity contribution in [3.63, 3.8) is 0 Å². The Morgan fingerprint density at radius 2 is 1.70 bits per heavy atom. The Labute approximate surface area is 157 Å². The molecule has 1 amide bonds. The molecule has 0 spiro atoms. The highest BCUT2D eigenvalue weighted by Gasteiger charge is 2.10. The predicted octanol–water partition coefficient (Wildman–Crippen LogP) is 5.00. The van der Waals surface area contributed by atoms with Crippen molar-refractivity contribution in [2.24, 2.45) is 0 Å². The van der Waals surface area contributed by atoms with E-state index < -0.39 is 11.7 Å². The number of para-hydroxylation sites is 1. The summed E-state index contributed by atoms with van der Waals surface area (Å²) in [5, 5.41) is 5.71. The molecule has 27 heavy (non-hydrogen) atoms. The van der Waals surface area contributed by atoms with Crippen LogP contribution in [-0.2, 0) is 0 Å². The average Bonchev–Trinajstić information content (AvgIpc) is 2.65. The molecule has 6 heteroatoms. The number of carbonyl (C=O) groups excluding carboxylic acids is 1. The molecule has 0 saturated carbocycles. The predicted molar refractivity (Wildman–Crippen MR) is 104 cm³/mol. The first kappa shape index (κ1) is 18.4.